The van der Waals surface area contributed by atoms with Gasteiger partial charge < -0.3 is 14.5 Å². The molecule has 0 radical (unpaired) electrons. The van der Waals surface area contributed by atoms with Crippen LogP contribution in [0.1, 0.15) is 42.5 Å². The number of allylic oxidation sites excluding steroid dienone is 1. The molecule has 7 heteroatoms. The first-order valence-electron chi connectivity index (χ1n) is 8.23. The lowest BCUT2D eigenvalue weighted by molar-refractivity contribution is 0.0222. The van der Waals surface area contributed by atoms with Crippen LogP contribution in [0.2, 0.25) is 0 Å². The molecule has 0 saturated carbocycles. The number of aromatic nitrogens is 2. The Balaban J connectivity index is 1.90. The second-order valence-corrected chi connectivity index (χ2v) is 7.26. The van der Waals surface area contributed by atoms with Crippen molar-refractivity contribution in [3.05, 3.63) is 29.1 Å². The summed E-state index contributed by atoms with van der Waals surface area (Å²) in [6.07, 6.45) is 4.26. The maximum Gasteiger partial charge on any atom is 0.410 e. The Morgan fingerprint density at radius 1 is 1.25 bits per heavy atom. The molecule has 130 valence electrons. The summed E-state index contributed by atoms with van der Waals surface area (Å²) < 4.78 is 7.21. The van der Waals surface area contributed by atoms with Gasteiger partial charge in [0.1, 0.15) is 11.3 Å². The van der Waals surface area contributed by atoms with E-state index >= 15 is 0 Å². The smallest absolute Gasteiger partial charge is 0.410 e. The van der Waals surface area contributed by atoms with Crippen molar-refractivity contribution in [1.82, 2.24) is 19.6 Å². The van der Waals surface area contributed by atoms with Crippen LogP contribution in [0.15, 0.2) is 12.2 Å². The van der Waals surface area contributed by atoms with Crippen LogP contribution in [0.4, 0.5) is 4.79 Å². The van der Waals surface area contributed by atoms with E-state index in [0.29, 0.717) is 38.3 Å². The molecule has 0 saturated heterocycles. The Kier molecular flexibility index (Phi) is 4.11. The number of ether oxygens (including phenoxy) is 1. The van der Waals surface area contributed by atoms with E-state index in [1.54, 1.807) is 21.5 Å². The first-order chi connectivity index (χ1) is 11.3. The van der Waals surface area contributed by atoms with Gasteiger partial charge >= 0.3 is 6.09 Å². The Labute approximate surface area is 141 Å². The van der Waals surface area contributed by atoms with Gasteiger partial charge in [0.2, 0.25) is 0 Å². The van der Waals surface area contributed by atoms with Gasteiger partial charge in [-0.1, -0.05) is 12.2 Å². The highest BCUT2D eigenvalue weighted by Crippen LogP contribution is 2.25. The van der Waals surface area contributed by atoms with Gasteiger partial charge in [-0.2, -0.15) is 5.10 Å². The molecule has 0 aromatic carbocycles. The summed E-state index contributed by atoms with van der Waals surface area (Å²) in [7, 11) is 1.77. The Hall–Kier alpha value is -2.31. The Bertz CT molecular complexity index is 699. The van der Waals surface area contributed by atoms with Crippen molar-refractivity contribution < 1.29 is 14.3 Å². The van der Waals surface area contributed by atoms with Gasteiger partial charge in [-0.15, -0.1) is 0 Å². The first kappa shape index (κ1) is 16.5. The lowest BCUT2D eigenvalue weighted by Crippen LogP contribution is -2.40. The van der Waals surface area contributed by atoms with Gasteiger partial charge in [-0.25, -0.2) is 4.79 Å². The van der Waals surface area contributed by atoms with Crippen LogP contribution in [0.3, 0.4) is 0 Å². The van der Waals surface area contributed by atoms with Gasteiger partial charge in [-0.05, 0) is 20.8 Å². The second-order valence-electron chi connectivity index (χ2n) is 7.26. The summed E-state index contributed by atoms with van der Waals surface area (Å²) in [6.45, 7) is 7.62. The molecule has 0 fully saturated rings. The van der Waals surface area contributed by atoms with Crippen LogP contribution >= 0.6 is 0 Å². The van der Waals surface area contributed by atoms with Crippen LogP contribution in [-0.2, 0) is 24.2 Å². The van der Waals surface area contributed by atoms with E-state index in [1.807, 2.05) is 32.9 Å². The summed E-state index contributed by atoms with van der Waals surface area (Å²) in [5, 5.41) is 4.59. The molecule has 1 aromatic heterocycles. The van der Waals surface area contributed by atoms with E-state index in [-0.39, 0.29) is 12.0 Å². The summed E-state index contributed by atoms with van der Waals surface area (Å²) in [4.78, 5) is 28.4. The number of carbonyl (C=O) groups excluding carboxylic acids is 2. The molecule has 0 bridgehead atoms. The summed E-state index contributed by atoms with van der Waals surface area (Å²) in [6, 6.07) is 0. The lowest BCUT2D eigenvalue weighted by Gasteiger charge is -2.30. The van der Waals surface area contributed by atoms with E-state index in [0.717, 1.165) is 11.3 Å². The Morgan fingerprint density at radius 3 is 2.67 bits per heavy atom. The van der Waals surface area contributed by atoms with Crippen molar-refractivity contribution in [2.45, 2.75) is 45.9 Å². The molecule has 3 rings (SSSR count). The number of fused-ring (bicyclic) bond motifs is 3. The van der Waals surface area contributed by atoms with Crippen LogP contribution in [0.5, 0.6) is 0 Å². The van der Waals surface area contributed by atoms with E-state index in [9.17, 15) is 9.59 Å². The van der Waals surface area contributed by atoms with Crippen molar-refractivity contribution in [3.63, 3.8) is 0 Å². The van der Waals surface area contributed by atoms with Crippen molar-refractivity contribution in [3.8, 4) is 0 Å². The minimum atomic E-state index is -0.536. The fourth-order valence-electron chi connectivity index (χ4n) is 2.95. The van der Waals surface area contributed by atoms with E-state index in [1.165, 1.54) is 0 Å². The zero-order chi connectivity index (χ0) is 17.5. The van der Waals surface area contributed by atoms with E-state index < -0.39 is 5.60 Å². The monoisotopic (exact) mass is 332 g/mol. The molecule has 0 N–H and O–H groups in total. The van der Waals surface area contributed by atoms with Crippen molar-refractivity contribution in [2.24, 2.45) is 0 Å². The molecular formula is C17H24N4O3. The maximum atomic E-state index is 12.7. The molecule has 24 heavy (non-hydrogen) atoms. The molecule has 0 aliphatic carbocycles. The summed E-state index contributed by atoms with van der Waals surface area (Å²) in [5.74, 6) is -0.0564. The minimum Gasteiger partial charge on any atom is -0.444 e. The molecular weight excluding hydrogens is 308 g/mol. The normalized spacial score (nSPS) is 17.9. The van der Waals surface area contributed by atoms with Gasteiger partial charge in [0.05, 0.1) is 18.8 Å². The summed E-state index contributed by atoms with van der Waals surface area (Å²) in [5.41, 5.74) is 1.80. The number of amides is 2. The fraction of sp³-hybridized carbons (Fsp3) is 0.588. The topological polar surface area (TPSA) is 67.7 Å². The molecule has 0 atom stereocenters. The number of nitrogens with zero attached hydrogens (tertiary/aromatic N) is 4. The average Bonchev–Trinajstić information content (AvgIpc) is 2.84. The highest BCUT2D eigenvalue weighted by molar-refractivity contribution is 5.94. The van der Waals surface area contributed by atoms with Crippen LogP contribution in [0, 0.1) is 0 Å². The first-order valence-corrected chi connectivity index (χ1v) is 8.23. The largest absolute Gasteiger partial charge is 0.444 e. The zero-order valence-corrected chi connectivity index (χ0v) is 14.7. The number of hydrogen-bond donors (Lipinski definition) is 0. The van der Waals surface area contributed by atoms with Crippen molar-refractivity contribution in [2.75, 3.05) is 20.1 Å². The van der Waals surface area contributed by atoms with Crippen molar-refractivity contribution in [1.29, 1.82) is 0 Å². The third-order valence-electron chi connectivity index (χ3n) is 4.13. The molecule has 2 aliphatic heterocycles. The maximum absolute atomic E-state index is 12.7. The quantitative estimate of drug-likeness (QED) is 0.680. The predicted octanol–water partition coefficient (Wildman–Crippen LogP) is 1.82. The van der Waals surface area contributed by atoms with Crippen LogP contribution < -0.4 is 0 Å². The average molecular weight is 332 g/mol. The number of hydrogen-bond acceptors (Lipinski definition) is 4. The minimum absolute atomic E-state index is 0.0564. The SMILES string of the molecule is CN1CC=CCn2nc3c(c2C1=O)CN(C(=O)OC(C)(C)C)CC3. The summed E-state index contributed by atoms with van der Waals surface area (Å²) >= 11 is 0. The molecule has 7 nitrogen and oxygen atoms in total. The molecule has 0 unspecified atom stereocenters. The molecule has 0 spiro atoms. The Morgan fingerprint density at radius 2 is 1.96 bits per heavy atom. The van der Waals surface area contributed by atoms with Crippen molar-refractivity contribution >= 4 is 12.0 Å². The van der Waals surface area contributed by atoms with Gasteiger partial charge in [0, 0.05) is 32.1 Å². The lowest BCUT2D eigenvalue weighted by atomic mass is 10.0. The van der Waals surface area contributed by atoms with Gasteiger partial charge in [0.25, 0.3) is 5.91 Å². The predicted molar refractivity (Wildman–Crippen MR) is 88.7 cm³/mol. The number of rotatable bonds is 0. The third kappa shape index (κ3) is 3.16. The van der Waals surface area contributed by atoms with Gasteiger partial charge in [0.15, 0.2) is 0 Å². The molecule has 1 aromatic rings. The van der Waals surface area contributed by atoms with Crippen LogP contribution in [-0.4, -0.2) is 57.3 Å². The second kappa shape index (κ2) is 5.96. The molecule has 3 heterocycles. The number of likely N-dealkylation sites (N-methyl/N-ethyl adjacent to an activating group) is 1. The van der Waals surface area contributed by atoms with E-state index in [4.69, 9.17) is 4.74 Å². The highest BCUT2D eigenvalue weighted by atomic mass is 16.6. The molecule has 2 amide bonds. The number of carbonyl (C=O) groups is 2. The standard InChI is InChI=1S/C17H24N4O3/c1-17(2,3)24-16(23)20-10-7-13-12(11-20)14-15(22)19(4)8-5-6-9-21(14)18-13/h5-6H,7-11H2,1-4H3. The van der Waals surface area contributed by atoms with Crippen LogP contribution in [0.25, 0.3) is 0 Å². The third-order valence-corrected chi connectivity index (χ3v) is 4.13. The molecule has 2 aliphatic rings. The fourth-order valence-corrected chi connectivity index (χ4v) is 2.95. The van der Waals surface area contributed by atoms with E-state index in [2.05, 4.69) is 5.10 Å². The zero-order valence-electron chi connectivity index (χ0n) is 14.7. The highest BCUT2D eigenvalue weighted by Gasteiger charge is 2.33. The van der Waals surface area contributed by atoms with Gasteiger partial charge in [-0.3, -0.25) is 9.48 Å².